The number of hydrogen-bond donors (Lipinski definition) is 1. The summed E-state index contributed by atoms with van der Waals surface area (Å²) in [4.78, 5) is 0. The van der Waals surface area contributed by atoms with Crippen LogP contribution in [0.5, 0.6) is 0 Å². The standard InChI is InChI=1S/C11H14FNO.C2H6/c1-13-7-10-11-8(5-6-14-10)3-2-4-9(11)12;1-2/h2-4,10,13H,5-7H2,1H3;1-2H3. The Labute approximate surface area is 96.8 Å². The molecular weight excluding hydrogens is 205 g/mol. The van der Waals surface area contributed by atoms with E-state index in [1.165, 1.54) is 6.07 Å². The molecule has 1 aliphatic rings. The fourth-order valence-corrected chi connectivity index (χ4v) is 1.90. The van der Waals surface area contributed by atoms with E-state index in [-0.39, 0.29) is 11.9 Å². The number of ether oxygens (including phenoxy) is 1. The van der Waals surface area contributed by atoms with Crippen molar-refractivity contribution in [3.8, 4) is 0 Å². The second-order valence-electron chi connectivity index (χ2n) is 3.48. The van der Waals surface area contributed by atoms with Gasteiger partial charge in [-0.05, 0) is 25.1 Å². The summed E-state index contributed by atoms with van der Waals surface area (Å²) < 4.78 is 19.1. The first-order chi connectivity index (χ1) is 7.83. The third-order valence-electron chi connectivity index (χ3n) is 2.55. The molecule has 16 heavy (non-hydrogen) atoms. The Morgan fingerprint density at radius 2 is 2.19 bits per heavy atom. The first kappa shape index (κ1) is 13.1. The molecule has 0 radical (unpaired) electrons. The van der Waals surface area contributed by atoms with Crippen molar-refractivity contribution in [3.63, 3.8) is 0 Å². The van der Waals surface area contributed by atoms with Crippen LogP contribution in [0.25, 0.3) is 0 Å². The molecule has 2 nitrogen and oxygen atoms in total. The van der Waals surface area contributed by atoms with Crippen LogP contribution < -0.4 is 5.32 Å². The smallest absolute Gasteiger partial charge is 0.129 e. The maximum absolute atomic E-state index is 13.5. The van der Waals surface area contributed by atoms with Gasteiger partial charge < -0.3 is 10.1 Å². The first-order valence-electron chi connectivity index (χ1n) is 5.86. The normalized spacial score (nSPS) is 18.4. The van der Waals surface area contributed by atoms with E-state index in [1.807, 2.05) is 27.0 Å². The Morgan fingerprint density at radius 1 is 1.44 bits per heavy atom. The highest BCUT2D eigenvalue weighted by atomic mass is 19.1. The van der Waals surface area contributed by atoms with Crippen LogP contribution in [-0.2, 0) is 11.2 Å². The van der Waals surface area contributed by atoms with E-state index in [0.717, 1.165) is 17.5 Å². The summed E-state index contributed by atoms with van der Waals surface area (Å²) in [7, 11) is 1.85. The van der Waals surface area contributed by atoms with Crippen LogP contribution in [0.1, 0.15) is 31.1 Å². The van der Waals surface area contributed by atoms with E-state index in [1.54, 1.807) is 6.07 Å². The Bertz CT molecular complexity index is 328. The summed E-state index contributed by atoms with van der Waals surface area (Å²) in [6, 6.07) is 5.23. The molecule has 0 spiro atoms. The minimum atomic E-state index is -0.151. The van der Waals surface area contributed by atoms with Crippen molar-refractivity contribution in [2.45, 2.75) is 26.4 Å². The summed E-state index contributed by atoms with van der Waals surface area (Å²) in [5, 5.41) is 3.01. The van der Waals surface area contributed by atoms with Crippen molar-refractivity contribution in [3.05, 3.63) is 35.1 Å². The Hall–Kier alpha value is -0.930. The monoisotopic (exact) mass is 225 g/mol. The van der Waals surface area contributed by atoms with E-state index in [9.17, 15) is 4.39 Å². The molecule has 3 heteroatoms. The van der Waals surface area contributed by atoms with Gasteiger partial charge in [-0.15, -0.1) is 0 Å². The molecule has 1 aromatic rings. The quantitative estimate of drug-likeness (QED) is 0.835. The molecule has 2 rings (SSSR count). The molecule has 1 aliphatic heterocycles. The molecule has 0 saturated carbocycles. The molecule has 0 saturated heterocycles. The van der Waals surface area contributed by atoms with Crippen molar-refractivity contribution in [1.82, 2.24) is 5.32 Å². The summed E-state index contributed by atoms with van der Waals surface area (Å²) in [6.45, 7) is 5.34. The third kappa shape index (κ3) is 2.80. The van der Waals surface area contributed by atoms with E-state index < -0.39 is 0 Å². The number of nitrogens with one attached hydrogen (secondary N) is 1. The predicted molar refractivity (Wildman–Crippen MR) is 64.1 cm³/mol. The van der Waals surface area contributed by atoms with Crippen LogP contribution in [0.2, 0.25) is 0 Å². The molecule has 0 aromatic heterocycles. The lowest BCUT2D eigenvalue weighted by Crippen LogP contribution is -2.26. The molecule has 1 heterocycles. The molecule has 0 bridgehead atoms. The summed E-state index contributed by atoms with van der Waals surface area (Å²) in [6.07, 6.45) is 0.678. The highest BCUT2D eigenvalue weighted by Crippen LogP contribution is 2.28. The average Bonchev–Trinajstić information content (AvgIpc) is 2.32. The molecule has 1 atom stereocenters. The Balaban J connectivity index is 0.000000606. The maximum Gasteiger partial charge on any atom is 0.129 e. The molecule has 0 aliphatic carbocycles. The van der Waals surface area contributed by atoms with Gasteiger partial charge in [0.1, 0.15) is 5.82 Å². The number of likely N-dealkylation sites (N-methyl/N-ethyl adjacent to an activating group) is 1. The zero-order valence-corrected chi connectivity index (χ0v) is 10.2. The van der Waals surface area contributed by atoms with Crippen molar-refractivity contribution >= 4 is 0 Å². The van der Waals surface area contributed by atoms with Gasteiger partial charge in [-0.2, -0.15) is 0 Å². The van der Waals surface area contributed by atoms with Gasteiger partial charge in [0.15, 0.2) is 0 Å². The third-order valence-corrected chi connectivity index (χ3v) is 2.55. The lowest BCUT2D eigenvalue weighted by atomic mass is 9.97. The van der Waals surface area contributed by atoms with E-state index in [2.05, 4.69) is 5.32 Å². The minimum Gasteiger partial charge on any atom is -0.372 e. The van der Waals surface area contributed by atoms with Crippen molar-refractivity contribution in [1.29, 1.82) is 0 Å². The highest BCUT2D eigenvalue weighted by Gasteiger charge is 2.23. The van der Waals surface area contributed by atoms with Crippen LogP contribution in [0.15, 0.2) is 18.2 Å². The maximum atomic E-state index is 13.5. The Kier molecular flexibility index (Phi) is 5.43. The van der Waals surface area contributed by atoms with Crippen LogP contribution in [0.4, 0.5) is 4.39 Å². The highest BCUT2D eigenvalue weighted by molar-refractivity contribution is 5.32. The van der Waals surface area contributed by atoms with Gasteiger partial charge in [0.25, 0.3) is 0 Å². The minimum absolute atomic E-state index is 0.134. The molecule has 1 N–H and O–H groups in total. The SMILES string of the molecule is CC.CNCC1OCCc2cccc(F)c21. The van der Waals surface area contributed by atoms with Gasteiger partial charge in [0.05, 0.1) is 12.7 Å². The number of fused-ring (bicyclic) bond motifs is 1. The Morgan fingerprint density at radius 3 is 2.88 bits per heavy atom. The van der Waals surface area contributed by atoms with Crippen LogP contribution >= 0.6 is 0 Å². The summed E-state index contributed by atoms with van der Waals surface area (Å²) in [5.41, 5.74) is 1.81. The topological polar surface area (TPSA) is 21.3 Å². The van der Waals surface area contributed by atoms with Crippen LogP contribution in [-0.4, -0.2) is 20.2 Å². The summed E-state index contributed by atoms with van der Waals surface area (Å²) >= 11 is 0. The zero-order valence-electron chi connectivity index (χ0n) is 10.2. The summed E-state index contributed by atoms with van der Waals surface area (Å²) in [5.74, 6) is -0.151. The van der Waals surface area contributed by atoms with E-state index >= 15 is 0 Å². The van der Waals surface area contributed by atoms with Crippen molar-refractivity contribution < 1.29 is 9.13 Å². The number of rotatable bonds is 2. The van der Waals surface area contributed by atoms with Crippen LogP contribution in [0.3, 0.4) is 0 Å². The lowest BCUT2D eigenvalue weighted by Gasteiger charge is -2.26. The molecule has 0 amide bonds. The molecule has 1 unspecified atom stereocenters. The number of benzene rings is 1. The molecule has 1 aromatic carbocycles. The number of halogens is 1. The second kappa shape index (κ2) is 6.61. The van der Waals surface area contributed by atoms with Gasteiger partial charge in [-0.25, -0.2) is 4.39 Å². The van der Waals surface area contributed by atoms with Gasteiger partial charge in [-0.3, -0.25) is 0 Å². The average molecular weight is 225 g/mol. The molecule has 90 valence electrons. The molecular formula is C13H20FNO. The number of hydrogen-bond acceptors (Lipinski definition) is 2. The van der Waals surface area contributed by atoms with E-state index in [0.29, 0.717) is 13.2 Å². The largest absolute Gasteiger partial charge is 0.372 e. The van der Waals surface area contributed by atoms with Gasteiger partial charge in [0, 0.05) is 12.1 Å². The fraction of sp³-hybridized carbons (Fsp3) is 0.538. The molecule has 0 fully saturated rings. The van der Waals surface area contributed by atoms with Gasteiger partial charge in [0.2, 0.25) is 0 Å². The van der Waals surface area contributed by atoms with Gasteiger partial charge >= 0.3 is 0 Å². The van der Waals surface area contributed by atoms with Gasteiger partial charge in [-0.1, -0.05) is 26.0 Å². The predicted octanol–water partition coefficient (Wildman–Crippen LogP) is 2.69. The van der Waals surface area contributed by atoms with Crippen molar-refractivity contribution in [2.24, 2.45) is 0 Å². The first-order valence-corrected chi connectivity index (χ1v) is 5.86. The lowest BCUT2D eigenvalue weighted by molar-refractivity contribution is 0.0410. The van der Waals surface area contributed by atoms with Crippen LogP contribution in [0, 0.1) is 5.82 Å². The zero-order chi connectivity index (χ0) is 12.0. The van der Waals surface area contributed by atoms with Crippen molar-refractivity contribution in [2.75, 3.05) is 20.2 Å². The fourth-order valence-electron chi connectivity index (χ4n) is 1.90. The second-order valence-corrected chi connectivity index (χ2v) is 3.48. The van der Waals surface area contributed by atoms with E-state index in [4.69, 9.17) is 4.74 Å².